The standard InChI is InChI=1S/C13H18ClNO/c1-10(9-15(3)11(2)16)8-12-4-6-13(14)7-5-12/h4-7,11,16H,1,8-9H2,2-3H3. The zero-order valence-corrected chi connectivity index (χ0v) is 10.5. The fourth-order valence-corrected chi connectivity index (χ4v) is 1.56. The molecule has 0 aliphatic heterocycles. The summed E-state index contributed by atoms with van der Waals surface area (Å²) >= 11 is 5.81. The highest BCUT2D eigenvalue weighted by Crippen LogP contribution is 2.13. The largest absolute Gasteiger partial charge is 0.379 e. The van der Waals surface area contributed by atoms with Crippen molar-refractivity contribution >= 4 is 11.6 Å². The minimum Gasteiger partial charge on any atom is -0.379 e. The van der Waals surface area contributed by atoms with E-state index >= 15 is 0 Å². The lowest BCUT2D eigenvalue weighted by Gasteiger charge is -2.21. The molecule has 0 saturated heterocycles. The Bertz CT molecular complexity index is 345. The van der Waals surface area contributed by atoms with Gasteiger partial charge < -0.3 is 5.11 Å². The van der Waals surface area contributed by atoms with Crippen molar-refractivity contribution < 1.29 is 5.11 Å². The molecule has 0 saturated carbocycles. The number of aliphatic hydroxyl groups is 1. The lowest BCUT2D eigenvalue weighted by Crippen LogP contribution is -2.30. The summed E-state index contributed by atoms with van der Waals surface area (Å²) < 4.78 is 0. The number of benzene rings is 1. The van der Waals surface area contributed by atoms with Gasteiger partial charge in [-0.25, -0.2) is 0 Å². The van der Waals surface area contributed by atoms with Gasteiger partial charge >= 0.3 is 0 Å². The average molecular weight is 240 g/mol. The smallest absolute Gasteiger partial charge is 0.104 e. The van der Waals surface area contributed by atoms with Crippen molar-refractivity contribution in [3.63, 3.8) is 0 Å². The van der Waals surface area contributed by atoms with Crippen molar-refractivity contribution in [3.8, 4) is 0 Å². The predicted octanol–water partition coefficient (Wildman–Crippen LogP) is 2.71. The van der Waals surface area contributed by atoms with Crippen molar-refractivity contribution in [1.82, 2.24) is 4.90 Å². The summed E-state index contributed by atoms with van der Waals surface area (Å²) in [5, 5.41) is 10.1. The normalized spacial score (nSPS) is 12.8. The van der Waals surface area contributed by atoms with Gasteiger partial charge in [0, 0.05) is 11.6 Å². The van der Waals surface area contributed by atoms with E-state index in [0.29, 0.717) is 6.54 Å². The Balaban J connectivity index is 2.48. The molecular weight excluding hydrogens is 222 g/mol. The number of halogens is 1. The zero-order valence-electron chi connectivity index (χ0n) is 9.78. The molecule has 0 spiro atoms. The van der Waals surface area contributed by atoms with Gasteiger partial charge in [-0.2, -0.15) is 0 Å². The average Bonchev–Trinajstić information content (AvgIpc) is 2.21. The van der Waals surface area contributed by atoms with Crippen molar-refractivity contribution in [3.05, 3.63) is 47.0 Å². The first-order chi connectivity index (χ1) is 7.49. The maximum Gasteiger partial charge on any atom is 0.104 e. The summed E-state index contributed by atoms with van der Waals surface area (Å²) in [6.07, 6.45) is 0.371. The minimum atomic E-state index is -0.443. The molecule has 0 radical (unpaired) electrons. The van der Waals surface area contributed by atoms with Crippen LogP contribution in [0.1, 0.15) is 12.5 Å². The first kappa shape index (κ1) is 13.2. The molecule has 1 rings (SSSR count). The van der Waals surface area contributed by atoms with Crippen molar-refractivity contribution in [2.24, 2.45) is 0 Å². The number of hydrogen-bond acceptors (Lipinski definition) is 2. The molecule has 0 aromatic heterocycles. The minimum absolute atomic E-state index is 0.443. The van der Waals surface area contributed by atoms with Gasteiger partial charge in [0.25, 0.3) is 0 Å². The van der Waals surface area contributed by atoms with Gasteiger partial charge in [-0.05, 0) is 38.1 Å². The Hall–Kier alpha value is -0.830. The van der Waals surface area contributed by atoms with Gasteiger partial charge in [0.2, 0.25) is 0 Å². The van der Waals surface area contributed by atoms with E-state index in [1.165, 1.54) is 5.56 Å². The maximum absolute atomic E-state index is 9.34. The van der Waals surface area contributed by atoms with Gasteiger partial charge in [-0.1, -0.05) is 35.9 Å². The van der Waals surface area contributed by atoms with Crippen molar-refractivity contribution in [1.29, 1.82) is 0 Å². The van der Waals surface area contributed by atoms with E-state index in [4.69, 9.17) is 11.6 Å². The zero-order chi connectivity index (χ0) is 12.1. The molecule has 0 heterocycles. The first-order valence-corrected chi connectivity index (χ1v) is 5.66. The highest BCUT2D eigenvalue weighted by molar-refractivity contribution is 6.30. The molecule has 0 aliphatic carbocycles. The summed E-state index contributed by atoms with van der Waals surface area (Å²) in [6, 6.07) is 7.75. The lowest BCUT2D eigenvalue weighted by molar-refractivity contribution is 0.0449. The third-order valence-electron chi connectivity index (χ3n) is 2.48. The summed E-state index contributed by atoms with van der Waals surface area (Å²) in [7, 11) is 1.87. The van der Waals surface area contributed by atoms with Crippen LogP contribution in [-0.2, 0) is 6.42 Å². The topological polar surface area (TPSA) is 23.5 Å². The van der Waals surface area contributed by atoms with Crippen LogP contribution in [0, 0.1) is 0 Å². The molecule has 1 aromatic carbocycles. The van der Waals surface area contributed by atoms with E-state index in [9.17, 15) is 5.11 Å². The van der Waals surface area contributed by atoms with Crippen molar-refractivity contribution in [2.45, 2.75) is 19.6 Å². The summed E-state index contributed by atoms with van der Waals surface area (Å²) in [6.45, 7) is 6.45. The number of rotatable bonds is 5. The number of aliphatic hydroxyl groups excluding tert-OH is 1. The van der Waals surface area contributed by atoms with E-state index in [1.807, 2.05) is 36.2 Å². The monoisotopic (exact) mass is 239 g/mol. The van der Waals surface area contributed by atoms with E-state index in [0.717, 1.165) is 17.0 Å². The second kappa shape index (κ2) is 6.04. The van der Waals surface area contributed by atoms with Crippen LogP contribution in [0.2, 0.25) is 5.02 Å². The summed E-state index contributed by atoms with van der Waals surface area (Å²) in [5.74, 6) is 0. The third kappa shape index (κ3) is 4.35. The number of nitrogens with zero attached hydrogens (tertiary/aromatic N) is 1. The Morgan fingerprint density at radius 3 is 2.50 bits per heavy atom. The number of hydrogen-bond donors (Lipinski definition) is 1. The maximum atomic E-state index is 9.34. The molecule has 0 bridgehead atoms. The van der Waals surface area contributed by atoms with E-state index < -0.39 is 6.23 Å². The van der Waals surface area contributed by atoms with E-state index in [2.05, 4.69) is 6.58 Å². The fraction of sp³-hybridized carbons (Fsp3) is 0.385. The Morgan fingerprint density at radius 2 is 2.00 bits per heavy atom. The molecule has 3 heteroatoms. The van der Waals surface area contributed by atoms with Crippen LogP contribution in [0.5, 0.6) is 0 Å². The summed E-state index contributed by atoms with van der Waals surface area (Å²) in [4.78, 5) is 1.85. The van der Waals surface area contributed by atoms with Crippen LogP contribution in [0.4, 0.5) is 0 Å². The van der Waals surface area contributed by atoms with E-state index in [1.54, 1.807) is 6.92 Å². The molecule has 16 heavy (non-hydrogen) atoms. The van der Waals surface area contributed by atoms with Crippen LogP contribution >= 0.6 is 11.6 Å². The molecule has 1 aromatic rings. The molecule has 0 aliphatic rings. The Kier molecular flexibility index (Phi) is 5.00. The highest BCUT2D eigenvalue weighted by atomic mass is 35.5. The van der Waals surface area contributed by atoms with Gasteiger partial charge in [0.15, 0.2) is 0 Å². The molecule has 2 nitrogen and oxygen atoms in total. The van der Waals surface area contributed by atoms with Gasteiger partial charge in [-0.3, -0.25) is 4.90 Å². The second-order valence-electron chi connectivity index (χ2n) is 4.10. The Morgan fingerprint density at radius 1 is 1.44 bits per heavy atom. The molecule has 0 fully saturated rings. The molecule has 1 unspecified atom stereocenters. The molecular formula is C13H18ClNO. The van der Waals surface area contributed by atoms with Crippen molar-refractivity contribution in [2.75, 3.05) is 13.6 Å². The molecule has 1 N–H and O–H groups in total. The fourth-order valence-electron chi connectivity index (χ4n) is 1.43. The summed E-state index contributed by atoms with van der Waals surface area (Å²) in [5.41, 5.74) is 2.26. The second-order valence-corrected chi connectivity index (χ2v) is 4.54. The lowest BCUT2D eigenvalue weighted by atomic mass is 10.1. The third-order valence-corrected chi connectivity index (χ3v) is 2.73. The molecule has 0 amide bonds. The quantitative estimate of drug-likeness (QED) is 0.631. The van der Waals surface area contributed by atoms with Gasteiger partial charge in [0.1, 0.15) is 6.23 Å². The van der Waals surface area contributed by atoms with Crippen LogP contribution in [0.15, 0.2) is 36.4 Å². The van der Waals surface area contributed by atoms with Gasteiger partial charge in [0.05, 0.1) is 0 Å². The van der Waals surface area contributed by atoms with Crippen LogP contribution < -0.4 is 0 Å². The van der Waals surface area contributed by atoms with Crippen LogP contribution in [0.25, 0.3) is 0 Å². The molecule has 88 valence electrons. The first-order valence-electron chi connectivity index (χ1n) is 5.28. The highest BCUT2D eigenvalue weighted by Gasteiger charge is 2.06. The molecule has 1 atom stereocenters. The van der Waals surface area contributed by atoms with Gasteiger partial charge in [-0.15, -0.1) is 0 Å². The number of likely N-dealkylation sites (N-methyl/N-ethyl adjacent to an activating group) is 1. The predicted molar refractivity (Wildman–Crippen MR) is 68.6 cm³/mol. The van der Waals surface area contributed by atoms with Crippen LogP contribution in [-0.4, -0.2) is 29.8 Å². The Labute approximate surface area is 102 Å². The SMILES string of the molecule is C=C(Cc1ccc(Cl)cc1)CN(C)C(C)O. The van der Waals surface area contributed by atoms with Crippen LogP contribution in [0.3, 0.4) is 0 Å². The van der Waals surface area contributed by atoms with E-state index in [-0.39, 0.29) is 0 Å².